The largest absolute Gasteiger partial charge is 0.395 e. The van der Waals surface area contributed by atoms with E-state index in [1.807, 2.05) is 0 Å². The van der Waals surface area contributed by atoms with E-state index in [0.29, 0.717) is 17.6 Å². The van der Waals surface area contributed by atoms with E-state index in [1.165, 1.54) is 19.3 Å². The average molecular weight is 258 g/mol. The first-order chi connectivity index (χ1) is 8.29. The van der Waals surface area contributed by atoms with Crippen LogP contribution in [0.15, 0.2) is 4.52 Å². The number of hydrogen-bond acceptors (Lipinski definition) is 5. The maximum Gasteiger partial charge on any atom is 0.229 e. The van der Waals surface area contributed by atoms with Crippen LogP contribution >= 0.6 is 0 Å². The molecule has 1 N–H and O–H groups in total. The molecule has 96 valence electrons. The van der Waals surface area contributed by atoms with E-state index in [1.54, 1.807) is 0 Å². The predicted molar refractivity (Wildman–Crippen MR) is 63.9 cm³/mol. The van der Waals surface area contributed by atoms with Crippen molar-refractivity contribution >= 4 is 10.8 Å². The van der Waals surface area contributed by atoms with E-state index in [-0.39, 0.29) is 18.1 Å². The molecule has 0 saturated heterocycles. The van der Waals surface area contributed by atoms with E-state index in [0.717, 1.165) is 12.8 Å². The minimum atomic E-state index is -1.10. The highest BCUT2D eigenvalue weighted by Gasteiger charge is 2.21. The summed E-state index contributed by atoms with van der Waals surface area (Å²) in [6.45, 7) is -0.0695. The molecule has 0 radical (unpaired) electrons. The van der Waals surface area contributed by atoms with E-state index >= 15 is 0 Å². The zero-order valence-electron chi connectivity index (χ0n) is 9.80. The van der Waals surface area contributed by atoms with Crippen molar-refractivity contribution in [1.29, 1.82) is 0 Å². The van der Waals surface area contributed by atoms with Crippen LogP contribution < -0.4 is 0 Å². The lowest BCUT2D eigenvalue weighted by Crippen LogP contribution is -2.07. The van der Waals surface area contributed by atoms with Crippen LogP contribution in [0, 0.1) is 0 Å². The van der Waals surface area contributed by atoms with Crippen molar-refractivity contribution in [3.8, 4) is 0 Å². The van der Waals surface area contributed by atoms with Crippen LogP contribution in [0.2, 0.25) is 0 Å². The third kappa shape index (κ3) is 3.61. The Labute approximate surface area is 103 Å². The molecule has 1 aliphatic carbocycles. The summed E-state index contributed by atoms with van der Waals surface area (Å²) < 4.78 is 16.7. The van der Waals surface area contributed by atoms with Gasteiger partial charge in [0, 0.05) is 22.5 Å². The van der Waals surface area contributed by atoms with Gasteiger partial charge in [0.05, 0.1) is 12.4 Å². The van der Waals surface area contributed by atoms with Crippen LogP contribution in [0.3, 0.4) is 0 Å². The van der Waals surface area contributed by atoms with E-state index < -0.39 is 10.8 Å². The number of aliphatic hydroxyl groups excluding tert-OH is 1. The van der Waals surface area contributed by atoms with Gasteiger partial charge in [0.15, 0.2) is 5.82 Å². The summed E-state index contributed by atoms with van der Waals surface area (Å²) in [5.41, 5.74) is 0. The smallest absolute Gasteiger partial charge is 0.229 e. The Bertz CT molecular complexity index is 375. The van der Waals surface area contributed by atoms with Crippen molar-refractivity contribution in [1.82, 2.24) is 10.1 Å². The number of nitrogens with zero attached hydrogens (tertiary/aromatic N) is 2. The summed E-state index contributed by atoms with van der Waals surface area (Å²) in [5.74, 6) is 2.12. The standard InChI is InChI=1S/C11H18N2O3S/c14-6-7-17(15)8-10-12-11(16-13-10)9-4-2-1-3-5-9/h9,14H,1-8H2/t17-/m0/s1. The molecule has 0 bridgehead atoms. The molecular weight excluding hydrogens is 240 g/mol. The molecule has 2 rings (SSSR count). The van der Waals surface area contributed by atoms with E-state index in [4.69, 9.17) is 9.63 Å². The molecule has 6 heteroatoms. The molecule has 1 fully saturated rings. The molecule has 5 nitrogen and oxygen atoms in total. The summed E-state index contributed by atoms with van der Waals surface area (Å²) in [7, 11) is -1.10. The van der Waals surface area contributed by atoms with E-state index in [2.05, 4.69) is 10.1 Å². The molecule has 0 aliphatic heterocycles. The van der Waals surface area contributed by atoms with Crippen LogP contribution in [0.5, 0.6) is 0 Å². The Balaban J connectivity index is 1.93. The molecule has 17 heavy (non-hydrogen) atoms. The van der Waals surface area contributed by atoms with Crippen LogP contribution in [0.1, 0.15) is 49.7 Å². The Hall–Kier alpha value is -0.750. The molecule has 0 spiro atoms. The van der Waals surface area contributed by atoms with Gasteiger partial charge in [0.2, 0.25) is 5.89 Å². The Morgan fingerprint density at radius 2 is 2.12 bits per heavy atom. The van der Waals surface area contributed by atoms with Gasteiger partial charge in [0.25, 0.3) is 0 Å². The Morgan fingerprint density at radius 1 is 1.35 bits per heavy atom. The van der Waals surface area contributed by atoms with Gasteiger partial charge in [-0.15, -0.1) is 0 Å². The molecule has 1 aromatic heterocycles. The Morgan fingerprint density at radius 3 is 2.82 bits per heavy atom. The number of aliphatic hydroxyl groups is 1. The summed E-state index contributed by atoms with van der Waals surface area (Å²) in [4.78, 5) is 4.30. The highest BCUT2D eigenvalue weighted by Crippen LogP contribution is 2.31. The van der Waals surface area contributed by atoms with Crippen molar-refractivity contribution in [2.24, 2.45) is 0 Å². The molecule has 1 atom stereocenters. The lowest BCUT2D eigenvalue weighted by atomic mass is 9.89. The van der Waals surface area contributed by atoms with Crippen molar-refractivity contribution < 1.29 is 13.8 Å². The van der Waals surface area contributed by atoms with Crippen molar-refractivity contribution in [3.63, 3.8) is 0 Å². The lowest BCUT2D eigenvalue weighted by Gasteiger charge is -2.17. The van der Waals surface area contributed by atoms with Crippen LogP contribution in [0.25, 0.3) is 0 Å². The quantitative estimate of drug-likeness (QED) is 0.863. The second-order valence-corrected chi connectivity index (χ2v) is 5.97. The van der Waals surface area contributed by atoms with E-state index in [9.17, 15) is 4.21 Å². The average Bonchev–Trinajstić information content (AvgIpc) is 2.79. The normalized spacial score (nSPS) is 19.4. The van der Waals surface area contributed by atoms with Gasteiger partial charge in [-0.3, -0.25) is 4.21 Å². The SMILES string of the molecule is O=[S@@](CCO)Cc1noc(C2CCCCC2)n1. The number of hydrogen-bond donors (Lipinski definition) is 1. The lowest BCUT2D eigenvalue weighted by molar-refractivity contribution is 0.312. The molecule has 1 heterocycles. The number of rotatable bonds is 5. The third-order valence-corrected chi connectivity index (χ3v) is 4.27. The van der Waals surface area contributed by atoms with Crippen molar-refractivity contribution in [2.75, 3.05) is 12.4 Å². The molecule has 1 saturated carbocycles. The molecular formula is C11H18N2O3S. The molecule has 0 aromatic carbocycles. The molecule has 1 aromatic rings. The van der Waals surface area contributed by atoms with Crippen LogP contribution in [-0.4, -0.2) is 31.8 Å². The first-order valence-electron chi connectivity index (χ1n) is 6.08. The van der Waals surface area contributed by atoms with Gasteiger partial charge in [-0.25, -0.2) is 0 Å². The minimum Gasteiger partial charge on any atom is -0.395 e. The third-order valence-electron chi connectivity index (χ3n) is 3.05. The fourth-order valence-corrected chi connectivity index (χ4v) is 2.91. The van der Waals surface area contributed by atoms with Gasteiger partial charge in [-0.1, -0.05) is 24.4 Å². The maximum atomic E-state index is 11.4. The predicted octanol–water partition coefficient (Wildman–Crippen LogP) is 1.36. The van der Waals surface area contributed by atoms with Gasteiger partial charge in [-0.2, -0.15) is 4.98 Å². The van der Waals surface area contributed by atoms with Crippen LogP contribution in [0.4, 0.5) is 0 Å². The van der Waals surface area contributed by atoms with Gasteiger partial charge in [0.1, 0.15) is 0 Å². The molecule has 0 unspecified atom stereocenters. The first kappa shape index (κ1) is 12.7. The topological polar surface area (TPSA) is 76.2 Å². The monoisotopic (exact) mass is 258 g/mol. The fraction of sp³-hybridized carbons (Fsp3) is 0.818. The Kier molecular flexibility index (Phi) is 4.67. The molecule has 0 amide bonds. The maximum absolute atomic E-state index is 11.4. The van der Waals surface area contributed by atoms with Gasteiger partial charge < -0.3 is 9.63 Å². The first-order valence-corrected chi connectivity index (χ1v) is 7.56. The summed E-state index contributed by atoms with van der Waals surface area (Å²) in [6, 6.07) is 0. The summed E-state index contributed by atoms with van der Waals surface area (Å²) in [5, 5.41) is 12.5. The second kappa shape index (κ2) is 6.26. The summed E-state index contributed by atoms with van der Waals surface area (Å²) >= 11 is 0. The zero-order chi connectivity index (χ0) is 12.1. The van der Waals surface area contributed by atoms with Crippen molar-refractivity contribution in [3.05, 3.63) is 11.7 Å². The zero-order valence-corrected chi connectivity index (χ0v) is 10.6. The summed E-state index contributed by atoms with van der Waals surface area (Å²) in [6.07, 6.45) is 5.96. The minimum absolute atomic E-state index is 0.0695. The van der Waals surface area contributed by atoms with Crippen molar-refractivity contribution in [2.45, 2.75) is 43.8 Å². The van der Waals surface area contributed by atoms with Crippen LogP contribution in [-0.2, 0) is 16.6 Å². The highest BCUT2D eigenvalue weighted by atomic mass is 32.2. The highest BCUT2D eigenvalue weighted by molar-refractivity contribution is 7.84. The number of aromatic nitrogens is 2. The van der Waals surface area contributed by atoms with Gasteiger partial charge >= 0.3 is 0 Å². The second-order valence-electron chi connectivity index (χ2n) is 4.40. The molecule has 1 aliphatic rings. The van der Waals surface area contributed by atoms with Gasteiger partial charge in [-0.05, 0) is 12.8 Å². The fourth-order valence-electron chi connectivity index (χ4n) is 2.16.